The van der Waals surface area contributed by atoms with Gasteiger partial charge in [-0.25, -0.2) is 0 Å². The van der Waals surface area contributed by atoms with E-state index in [1.165, 1.54) is 16.3 Å². The number of aromatic nitrogens is 1. The molecule has 0 radical (unpaired) electrons. The first-order valence-corrected chi connectivity index (χ1v) is 4.69. The molecule has 0 atom stereocenters. The largest absolute Gasteiger partial charge is 0.461 e. The number of hydrogen-bond donors (Lipinski definition) is 0. The summed E-state index contributed by atoms with van der Waals surface area (Å²) in [5, 5.41) is 2.45. The fraction of sp³-hybridized carbons (Fsp3) is 0.167. The van der Waals surface area contributed by atoms with E-state index in [-0.39, 0.29) is 0 Å². The molecule has 0 unspecified atom stereocenters. The second-order valence-corrected chi connectivity index (χ2v) is 3.73. The zero-order chi connectivity index (χ0) is 9.71. The second-order valence-electron chi connectivity index (χ2n) is 3.73. The van der Waals surface area contributed by atoms with Gasteiger partial charge < -0.3 is 8.98 Å². The Morgan fingerprint density at radius 3 is 2.86 bits per heavy atom. The number of nitrogens with zero attached hydrogens (tertiary/aromatic N) is 1. The zero-order valence-electron chi connectivity index (χ0n) is 8.24. The van der Waals surface area contributed by atoms with Crippen molar-refractivity contribution in [2.75, 3.05) is 0 Å². The molecule has 0 amide bonds. The van der Waals surface area contributed by atoms with E-state index in [0.29, 0.717) is 0 Å². The van der Waals surface area contributed by atoms with Gasteiger partial charge in [0.2, 0.25) is 0 Å². The van der Waals surface area contributed by atoms with Gasteiger partial charge in [-0.05, 0) is 25.1 Å². The van der Waals surface area contributed by atoms with Gasteiger partial charge in [0.25, 0.3) is 0 Å². The third-order valence-electron chi connectivity index (χ3n) is 2.65. The summed E-state index contributed by atoms with van der Waals surface area (Å²) >= 11 is 0. The molecule has 0 saturated heterocycles. The van der Waals surface area contributed by atoms with Crippen LogP contribution in [0.3, 0.4) is 0 Å². The van der Waals surface area contributed by atoms with Gasteiger partial charge in [-0.3, -0.25) is 0 Å². The number of furan rings is 1. The van der Waals surface area contributed by atoms with Gasteiger partial charge in [0.05, 0.1) is 5.52 Å². The van der Waals surface area contributed by atoms with Crippen LogP contribution in [0.15, 0.2) is 34.9 Å². The number of rotatable bonds is 0. The average Bonchev–Trinajstić information content (AvgIpc) is 2.66. The highest BCUT2D eigenvalue weighted by Gasteiger charge is 2.04. The van der Waals surface area contributed by atoms with E-state index in [1.807, 2.05) is 14.0 Å². The van der Waals surface area contributed by atoms with Crippen LogP contribution in [0, 0.1) is 6.92 Å². The molecule has 0 aliphatic heterocycles. The van der Waals surface area contributed by atoms with Crippen molar-refractivity contribution in [3.05, 3.63) is 36.2 Å². The highest BCUT2D eigenvalue weighted by molar-refractivity contribution is 5.94. The SMILES string of the molecule is Cc1cc2cc3ccn(C)c3cc2o1. The minimum atomic E-state index is 0.968. The summed E-state index contributed by atoms with van der Waals surface area (Å²) in [6, 6.07) is 8.46. The Bertz CT molecular complexity index is 615. The molecule has 14 heavy (non-hydrogen) atoms. The number of hydrogen-bond acceptors (Lipinski definition) is 1. The van der Waals surface area contributed by atoms with Crippen molar-refractivity contribution in [2.45, 2.75) is 6.92 Å². The molecule has 0 aliphatic carbocycles. The van der Waals surface area contributed by atoms with Gasteiger partial charge >= 0.3 is 0 Å². The highest BCUT2D eigenvalue weighted by atomic mass is 16.3. The predicted octanol–water partition coefficient (Wildman–Crippen LogP) is 3.23. The smallest absolute Gasteiger partial charge is 0.136 e. The topological polar surface area (TPSA) is 18.1 Å². The molecule has 2 nitrogen and oxygen atoms in total. The Labute approximate surface area is 81.7 Å². The molecule has 0 N–H and O–H groups in total. The van der Waals surface area contributed by atoms with Crippen LogP contribution in [0.1, 0.15) is 5.76 Å². The van der Waals surface area contributed by atoms with Crippen molar-refractivity contribution in [3.63, 3.8) is 0 Å². The Kier molecular flexibility index (Phi) is 1.32. The second kappa shape index (κ2) is 2.41. The summed E-state index contributed by atoms with van der Waals surface area (Å²) in [4.78, 5) is 0. The normalized spacial score (nSPS) is 11.6. The lowest BCUT2D eigenvalue weighted by atomic mass is 10.2. The molecular weight excluding hydrogens is 174 g/mol. The minimum absolute atomic E-state index is 0.968. The molecule has 3 rings (SSSR count). The van der Waals surface area contributed by atoms with Crippen molar-refractivity contribution >= 4 is 21.9 Å². The molecule has 0 aliphatic rings. The number of benzene rings is 1. The molecule has 3 aromatic rings. The van der Waals surface area contributed by atoms with Crippen LogP contribution in [0.25, 0.3) is 21.9 Å². The van der Waals surface area contributed by atoms with Crippen molar-refractivity contribution in [1.82, 2.24) is 4.57 Å². The van der Waals surface area contributed by atoms with E-state index in [9.17, 15) is 0 Å². The molecule has 0 spiro atoms. The predicted molar refractivity (Wildman–Crippen MR) is 57.4 cm³/mol. The van der Waals surface area contributed by atoms with Crippen molar-refractivity contribution in [1.29, 1.82) is 0 Å². The van der Waals surface area contributed by atoms with E-state index in [4.69, 9.17) is 4.42 Å². The van der Waals surface area contributed by atoms with Crippen LogP contribution in [0.2, 0.25) is 0 Å². The molecule has 0 bridgehead atoms. The third-order valence-corrected chi connectivity index (χ3v) is 2.65. The van der Waals surface area contributed by atoms with E-state index >= 15 is 0 Å². The van der Waals surface area contributed by atoms with Crippen LogP contribution in [0.4, 0.5) is 0 Å². The summed E-state index contributed by atoms with van der Waals surface area (Å²) < 4.78 is 7.69. The summed E-state index contributed by atoms with van der Waals surface area (Å²) in [6.45, 7) is 1.98. The molecule has 70 valence electrons. The Hall–Kier alpha value is -1.70. The Morgan fingerprint density at radius 2 is 2.00 bits per heavy atom. The van der Waals surface area contributed by atoms with E-state index in [0.717, 1.165) is 11.3 Å². The van der Waals surface area contributed by atoms with Gasteiger partial charge in [-0.15, -0.1) is 0 Å². The molecule has 2 heteroatoms. The quantitative estimate of drug-likeness (QED) is 0.525. The molecule has 2 aromatic heterocycles. The average molecular weight is 185 g/mol. The molecule has 0 saturated carbocycles. The summed E-state index contributed by atoms with van der Waals surface area (Å²) in [7, 11) is 2.05. The number of fused-ring (bicyclic) bond motifs is 2. The summed E-state index contributed by atoms with van der Waals surface area (Å²) in [5.41, 5.74) is 2.18. The van der Waals surface area contributed by atoms with Gasteiger partial charge in [0, 0.05) is 30.1 Å². The monoisotopic (exact) mass is 185 g/mol. The lowest BCUT2D eigenvalue weighted by molar-refractivity contribution is 0.579. The molecule has 1 aromatic carbocycles. The van der Waals surface area contributed by atoms with Gasteiger partial charge in [-0.1, -0.05) is 0 Å². The van der Waals surface area contributed by atoms with Gasteiger partial charge in [0.15, 0.2) is 0 Å². The Balaban J connectivity index is 2.52. The van der Waals surface area contributed by atoms with Crippen LogP contribution in [-0.2, 0) is 7.05 Å². The molecule has 0 fully saturated rings. The van der Waals surface area contributed by atoms with Crippen LogP contribution >= 0.6 is 0 Å². The maximum absolute atomic E-state index is 5.59. The van der Waals surface area contributed by atoms with Gasteiger partial charge in [0.1, 0.15) is 11.3 Å². The summed E-state index contributed by atoms with van der Waals surface area (Å²) in [5.74, 6) is 0.968. The van der Waals surface area contributed by atoms with Crippen LogP contribution < -0.4 is 0 Å². The minimum Gasteiger partial charge on any atom is -0.461 e. The zero-order valence-corrected chi connectivity index (χ0v) is 8.24. The molecule has 2 heterocycles. The maximum Gasteiger partial charge on any atom is 0.136 e. The highest BCUT2D eigenvalue weighted by Crippen LogP contribution is 2.25. The van der Waals surface area contributed by atoms with Crippen molar-refractivity contribution in [2.24, 2.45) is 7.05 Å². The number of aryl methyl sites for hydroxylation is 2. The van der Waals surface area contributed by atoms with E-state index in [2.05, 4.69) is 35.0 Å². The molecular formula is C12H11NO. The first kappa shape index (κ1) is 7.68. The third kappa shape index (κ3) is 0.909. The lowest BCUT2D eigenvalue weighted by Crippen LogP contribution is -1.82. The van der Waals surface area contributed by atoms with Crippen LogP contribution in [0.5, 0.6) is 0 Å². The summed E-state index contributed by atoms with van der Waals surface area (Å²) in [6.07, 6.45) is 2.07. The first-order chi connectivity index (χ1) is 6.74. The van der Waals surface area contributed by atoms with E-state index < -0.39 is 0 Å². The van der Waals surface area contributed by atoms with Gasteiger partial charge in [-0.2, -0.15) is 0 Å². The van der Waals surface area contributed by atoms with Crippen LogP contribution in [-0.4, -0.2) is 4.57 Å². The van der Waals surface area contributed by atoms with Crippen molar-refractivity contribution in [3.8, 4) is 0 Å². The standard InChI is InChI=1S/C12H11NO/c1-8-5-10-6-9-3-4-13(2)11(9)7-12(10)14-8/h3-7H,1-2H3. The fourth-order valence-corrected chi connectivity index (χ4v) is 1.94. The fourth-order valence-electron chi connectivity index (χ4n) is 1.94. The van der Waals surface area contributed by atoms with Crippen molar-refractivity contribution < 1.29 is 4.42 Å². The first-order valence-electron chi connectivity index (χ1n) is 4.69. The Morgan fingerprint density at radius 1 is 1.14 bits per heavy atom. The van der Waals surface area contributed by atoms with E-state index in [1.54, 1.807) is 0 Å². The lowest BCUT2D eigenvalue weighted by Gasteiger charge is -1.95. The maximum atomic E-state index is 5.59.